The molecule has 1 fully saturated rings. The van der Waals surface area contributed by atoms with Gasteiger partial charge in [0.15, 0.2) is 10.9 Å². The molecule has 0 spiro atoms. The molecule has 0 bridgehead atoms. The van der Waals surface area contributed by atoms with Gasteiger partial charge in [-0.05, 0) is 36.0 Å². The minimum Gasteiger partial charge on any atom is -0.355 e. The Hall–Kier alpha value is -2.99. The van der Waals surface area contributed by atoms with Gasteiger partial charge >= 0.3 is 0 Å². The van der Waals surface area contributed by atoms with Crippen LogP contribution in [0.25, 0.3) is 28.3 Å². The number of nitrogens with zero attached hydrogens (tertiary/aromatic N) is 1. The van der Waals surface area contributed by atoms with E-state index < -0.39 is 0 Å². The summed E-state index contributed by atoms with van der Waals surface area (Å²) in [6.45, 7) is 0. The molecule has 3 aromatic rings. The first-order valence-corrected chi connectivity index (χ1v) is 7.40. The van der Waals surface area contributed by atoms with Crippen LogP contribution in [0.1, 0.15) is 5.56 Å². The van der Waals surface area contributed by atoms with Crippen molar-refractivity contribution >= 4 is 40.2 Å². The molecule has 0 radical (unpaired) electrons. The van der Waals surface area contributed by atoms with Crippen molar-refractivity contribution in [2.24, 2.45) is 0 Å². The lowest BCUT2D eigenvalue weighted by Crippen LogP contribution is -2.21. The van der Waals surface area contributed by atoms with Crippen LogP contribution < -0.4 is 10.6 Å². The van der Waals surface area contributed by atoms with E-state index in [9.17, 15) is 4.79 Å². The molecule has 5 nitrogen and oxygen atoms in total. The molecule has 2 heterocycles. The van der Waals surface area contributed by atoms with E-state index in [0.717, 1.165) is 22.0 Å². The van der Waals surface area contributed by atoms with Crippen LogP contribution in [0.2, 0.25) is 0 Å². The minimum atomic E-state index is -0.233. The second kappa shape index (κ2) is 5.33. The number of rotatable bonds is 2. The van der Waals surface area contributed by atoms with E-state index in [4.69, 9.17) is 16.7 Å². The highest BCUT2D eigenvalue weighted by Gasteiger charge is 2.20. The van der Waals surface area contributed by atoms with Crippen LogP contribution >= 0.6 is 12.2 Å². The number of thiocarbonyl (C=S) groups is 1. The number of hydrogen-bond acceptors (Lipinski definition) is 4. The van der Waals surface area contributed by atoms with Gasteiger partial charge in [0.05, 0.1) is 5.39 Å². The molecule has 0 aliphatic carbocycles. The largest absolute Gasteiger partial charge is 0.355 e. The minimum absolute atomic E-state index is 0.233. The SMILES string of the molecule is O=C1NC(=S)N/C1=C\c1ccc2noc(-c3ccccc3)c2c1. The molecular formula is C17H11N3O2S. The summed E-state index contributed by atoms with van der Waals surface area (Å²) in [4.78, 5) is 11.7. The second-order valence-corrected chi connectivity index (χ2v) is 5.53. The zero-order valence-electron chi connectivity index (χ0n) is 11.9. The molecule has 1 aromatic heterocycles. The van der Waals surface area contributed by atoms with Gasteiger partial charge in [-0.1, -0.05) is 41.6 Å². The van der Waals surface area contributed by atoms with Crippen LogP contribution in [-0.4, -0.2) is 16.2 Å². The van der Waals surface area contributed by atoms with Crippen LogP contribution in [0.15, 0.2) is 58.8 Å². The van der Waals surface area contributed by atoms with Crippen molar-refractivity contribution in [3.05, 3.63) is 59.8 Å². The third-order valence-corrected chi connectivity index (χ3v) is 3.77. The molecule has 0 atom stereocenters. The highest BCUT2D eigenvalue weighted by atomic mass is 32.1. The number of nitrogens with one attached hydrogen (secondary N) is 2. The van der Waals surface area contributed by atoms with E-state index in [0.29, 0.717) is 16.6 Å². The number of fused-ring (bicyclic) bond motifs is 1. The summed E-state index contributed by atoms with van der Waals surface area (Å²) in [6.07, 6.45) is 1.75. The van der Waals surface area contributed by atoms with Crippen molar-refractivity contribution in [3.63, 3.8) is 0 Å². The van der Waals surface area contributed by atoms with Crippen LogP contribution in [0.4, 0.5) is 0 Å². The molecule has 4 rings (SSSR count). The number of aromatic nitrogens is 1. The van der Waals surface area contributed by atoms with Gasteiger partial charge in [0, 0.05) is 5.56 Å². The highest BCUT2D eigenvalue weighted by molar-refractivity contribution is 7.80. The lowest BCUT2D eigenvalue weighted by atomic mass is 10.1. The van der Waals surface area contributed by atoms with Gasteiger partial charge < -0.3 is 9.84 Å². The van der Waals surface area contributed by atoms with Crippen molar-refractivity contribution < 1.29 is 9.32 Å². The van der Waals surface area contributed by atoms with Gasteiger partial charge in [-0.3, -0.25) is 10.1 Å². The third kappa shape index (κ3) is 2.49. The standard InChI is InChI=1S/C17H11N3O2S/c21-16-14(18-17(23)19-16)9-10-6-7-13-12(8-10)15(22-20-13)11-4-2-1-3-5-11/h1-9H,(H2,18,19,21,23)/b14-9-. The zero-order chi connectivity index (χ0) is 15.8. The summed E-state index contributed by atoms with van der Waals surface area (Å²) in [6, 6.07) is 15.5. The van der Waals surface area contributed by atoms with E-state index in [-0.39, 0.29) is 5.91 Å². The fourth-order valence-electron chi connectivity index (χ4n) is 2.50. The smallest absolute Gasteiger partial charge is 0.273 e. The Labute approximate surface area is 137 Å². The lowest BCUT2D eigenvalue weighted by molar-refractivity contribution is -0.115. The van der Waals surface area contributed by atoms with Crippen molar-refractivity contribution in [1.82, 2.24) is 15.8 Å². The van der Waals surface area contributed by atoms with E-state index in [1.165, 1.54) is 0 Å². The topological polar surface area (TPSA) is 67.2 Å². The highest BCUT2D eigenvalue weighted by Crippen LogP contribution is 2.29. The van der Waals surface area contributed by atoms with Gasteiger partial charge in [-0.15, -0.1) is 0 Å². The Morgan fingerprint density at radius 1 is 1.09 bits per heavy atom. The summed E-state index contributed by atoms with van der Waals surface area (Å²) in [7, 11) is 0. The summed E-state index contributed by atoms with van der Waals surface area (Å²) in [5.41, 5.74) is 3.01. The van der Waals surface area contributed by atoms with E-state index in [1.54, 1.807) is 6.08 Å². The van der Waals surface area contributed by atoms with Crippen LogP contribution in [-0.2, 0) is 4.79 Å². The molecular weight excluding hydrogens is 310 g/mol. The van der Waals surface area contributed by atoms with Gasteiger partial charge in [-0.2, -0.15) is 0 Å². The Kier molecular flexibility index (Phi) is 3.17. The molecule has 2 aromatic carbocycles. The second-order valence-electron chi connectivity index (χ2n) is 5.12. The van der Waals surface area contributed by atoms with Crippen LogP contribution in [0.3, 0.4) is 0 Å². The summed E-state index contributed by atoms with van der Waals surface area (Å²) >= 11 is 4.93. The first kappa shape index (κ1) is 13.7. The normalized spacial score (nSPS) is 15.9. The molecule has 112 valence electrons. The van der Waals surface area contributed by atoms with Crippen molar-refractivity contribution in [2.75, 3.05) is 0 Å². The fraction of sp³-hybridized carbons (Fsp3) is 0. The fourth-order valence-corrected chi connectivity index (χ4v) is 2.70. The van der Waals surface area contributed by atoms with Gasteiger partial charge in [0.2, 0.25) is 0 Å². The molecule has 23 heavy (non-hydrogen) atoms. The first-order chi connectivity index (χ1) is 11.2. The van der Waals surface area contributed by atoms with Crippen molar-refractivity contribution in [3.8, 4) is 11.3 Å². The monoisotopic (exact) mass is 321 g/mol. The molecule has 0 saturated carbocycles. The number of carbonyl (C=O) groups excluding carboxylic acids is 1. The lowest BCUT2D eigenvalue weighted by Gasteiger charge is -1.99. The third-order valence-electron chi connectivity index (χ3n) is 3.57. The molecule has 1 aliphatic rings. The predicted octanol–water partition coefficient (Wildman–Crippen LogP) is 2.84. The molecule has 0 unspecified atom stereocenters. The average Bonchev–Trinajstić information content (AvgIpc) is 3.11. The van der Waals surface area contributed by atoms with Crippen LogP contribution in [0, 0.1) is 0 Å². The quantitative estimate of drug-likeness (QED) is 0.561. The molecule has 2 N–H and O–H groups in total. The number of carbonyl (C=O) groups is 1. The Morgan fingerprint density at radius 3 is 2.65 bits per heavy atom. The van der Waals surface area contributed by atoms with E-state index in [1.807, 2.05) is 48.5 Å². The Balaban J connectivity index is 1.80. The Morgan fingerprint density at radius 2 is 1.91 bits per heavy atom. The number of hydrogen-bond donors (Lipinski definition) is 2. The summed E-state index contributed by atoms with van der Waals surface area (Å²) < 4.78 is 5.48. The maximum Gasteiger partial charge on any atom is 0.273 e. The van der Waals surface area contributed by atoms with Crippen LogP contribution in [0.5, 0.6) is 0 Å². The summed E-state index contributed by atoms with van der Waals surface area (Å²) in [5, 5.41) is 10.7. The first-order valence-electron chi connectivity index (χ1n) is 6.99. The molecule has 1 saturated heterocycles. The van der Waals surface area contributed by atoms with Gasteiger partial charge in [0.25, 0.3) is 5.91 Å². The predicted molar refractivity (Wildman–Crippen MR) is 91.3 cm³/mol. The van der Waals surface area contributed by atoms with E-state index in [2.05, 4.69) is 15.8 Å². The molecule has 1 aliphatic heterocycles. The zero-order valence-corrected chi connectivity index (χ0v) is 12.7. The average molecular weight is 321 g/mol. The maximum absolute atomic E-state index is 11.7. The number of amides is 1. The molecule has 6 heteroatoms. The van der Waals surface area contributed by atoms with Crippen molar-refractivity contribution in [2.45, 2.75) is 0 Å². The van der Waals surface area contributed by atoms with Gasteiger partial charge in [-0.25, -0.2) is 0 Å². The van der Waals surface area contributed by atoms with Gasteiger partial charge in [0.1, 0.15) is 11.2 Å². The maximum atomic E-state index is 11.7. The Bertz CT molecular complexity index is 960. The van der Waals surface area contributed by atoms with Crippen molar-refractivity contribution in [1.29, 1.82) is 0 Å². The number of benzene rings is 2. The van der Waals surface area contributed by atoms with E-state index >= 15 is 0 Å². The molecule has 1 amide bonds. The summed E-state index contributed by atoms with van der Waals surface area (Å²) in [5.74, 6) is 0.476.